The summed E-state index contributed by atoms with van der Waals surface area (Å²) in [6.45, 7) is 17.3. The molecule has 0 aliphatic heterocycles. The number of hydrogen-bond donors (Lipinski definition) is 0. The Bertz CT molecular complexity index is 2940. The number of aromatic nitrogens is 4. The van der Waals surface area contributed by atoms with Gasteiger partial charge in [-0.15, -0.1) is 0 Å². The fourth-order valence-corrected chi connectivity index (χ4v) is 12.5. The number of hydrogen-bond acceptors (Lipinski definition) is 10. The van der Waals surface area contributed by atoms with Crippen molar-refractivity contribution in [3.05, 3.63) is 122 Å². The molecule has 0 saturated carbocycles. The van der Waals surface area contributed by atoms with E-state index >= 15 is 0 Å². The second-order valence-electron chi connectivity index (χ2n) is 26.6. The number of pyridine rings is 4. The van der Waals surface area contributed by atoms with Gasteiger partial charge in [-0.3, -0.25) is 19.9 Å². The molecule has 0 spiro atoms. The van der Waals surface area contributed by atoms with E-state index in [2.05, 4.69) is 119 Å². The summed E-state index contributed by atoms with van der Waals surface area (Å²) >= 11 is 0. The highest BCUT2D eigenvalue weighted by Crippen LogP contribution is 2.46. The van der Waals surface area contributed by atoms with Crippen LogP contribution in [0.2, 0.25) is 0 Å². The summed E-state index contributed by atoms with van der Waals surface area (Å²) in [6.07, 6.45) is 52.1. The van der Waals surface area contributed by atoms with Crippen LogP contribution in [-0.2, 0) is 0 Å². The number of nitrogens with zero attached hydrogens (tertiary/aromatic N) is 4. The third-order valence-electron chi connectivity index (χ3n) is 18.4. The molecule has 7 rings (SSSR count). The normalized spacial score (nSPS) is 11.3. The van der Waals surface area contributed by atoms with Crippen molar-refractivity contribution in [3.63, 3.8) is 0 Å². The van der Waals surface area contributed by atoms with Crippen molar-refractivity contribution in [1.29, 1.82) is 0 Å². The van der Waals surface area contributed by atoms with Crippen molar-refractivity contribution in [2.24, 2.45) is 0 Å². The minimum absolute atomic E-state index is 0.592. The van der Waals surface area contributed by atoms with E-state index in [1.54, 1.807) is 0 Å². The van der Waals surface area contributed by atoms with Gasteiger partial charge in [-0.05, 0) is 105 Å². The second kappa shape index (κ2) is 47.1. The Morgan fingerprint density at radius 1 is 0.229 bits per heavy atom. The minimum Gasteiger partial charge on any atom is -0.493 e. The first-order chi connectivity index (χ1) is 47.5. The Kier molecular flexibility index (Phi) is 37.5. The molecule has 0 fully saturated rings. The molecule has 0 amide bonds. The molecular weight excluding hydrogens is 1180 g/mol. The van der Waals surface area contributed by atoms with E-state index in [0.29, 0.717) is 39.6 Å². The van der Waals surface area contributed by atoms with Gasteiger partial charge in [0, 0.05) is 81.1 Å². The molecule has 0 saturated heterocycles. The van der Waals surface area contributed by atoms with Crippen LogP contribution >= 0.6 is 0 Å². The van der Waals surface area contributed by atoms with Gasteiger partial charge in [-0.25, -0.2) is 0 Å². The van der Waals surface area contributed by atoms with Crippen LogP contribution in [-0.4, -0.2) is 59.6 Å². The van der Waals surface area contributed by atoms with E-state index in [9.17, 15) is 0 Å². The average Bonchev–Trinajstić information content (AvgIpc) is 0.800. The molecule has 4 heterocycles. The molecule has 0 unspecified atom stereocenters. The molecule has 522 valence electrons. The summed E-state index contributed by atoms with van der Waals surface area (Å²) in [6, 6.07) is 31.8. The Morgan fingerprint density at radius 3 is 0.760 bits per heavy atom. The van der Waals surface area contributed by atoms with Gasteiger partial charge < -0.3 is 28.4 Å². The van der Waals surface area contributed by atoms with E-state index in [1.165, 1.54) is 154 Å². The first-order valence-electron chi connectivity index (χ1n) is 38.6. The summed E-state index contributed by atoms with van der Waals surface area (Å²) in [5, 5.41) is 0. The molecule has 0 radical (unpaired) electrons. The Labute approximate surface area is 581 Å². The van der Waals surface area contributed by atoms with Crippen molar-refractivity contribution in [3.8, 4) is 102 Å². The Hall–Kier alpha value is -6.94. The van der Waals surface area contributed by atoms with E-state index in [1.807, 2.05) is 49.2 Å². The van der Waals surface area contributed by atoms with Crippen molar-refractivity contribution < 1.29 is 28.4 Å². The second-order valence-corrected chi connectivity index (χ2v) is 26.6. The zero-order valence-electron chi connectivity index (χ0n) is 60.5. The highest BCUT2D eigenvalue weighted by Gasteiger charge is 2.22. The SMILES string of the molecule is CCCCCCCCOc1cc(-c2ccc(-c3cc(OCCCCCCCC)c(-c4ccc(-c5cc(OCCCCCCCC)c(-c6ccccn6)cc5OCCCCCCCC)cn4)cc3OCCCCCCCC)cn2)c(OCCCCCCCC)cc1-c1cccnc1. The predicted octanol–water partition coefficient (Wildman–Crippen LogP) is 25.7. The summed E-state index contributed by atoms with van der Waals surface area (Å²) in [5.74, 6) is 4.76. The van der Waals surface area contributed by atoms with E-state index < -0.39 is 0 Å². The van der Waals surface area contributed by atoms with Crippen LogP contribution in [0, 0.1) is 0 Å². The molecule has 4 aromatic heterocycles. The molecule has 7 aromatic rings. The van der Waals surface area contributed by atoms with E-state index in [0.717, 1.165) is 179 Å². The van der Waals surface area contributed by atoms with Crippen molar-refractivity contribution in [1.82, 2.24) is 19.9 Å². The van der Waals surface area contributed by atoms with Crippen LogP contribution in [0.4, 0.5) is 0 Å². The summed E-state index contributed by atoms with van der Waals surface area (Å²) in [5.41, 5.74) is 10.9. The lowest BCUT2D eigenvalue weighted by molar-refractivity contribution is 0.298. The third kappa shape index (κ3) is 26.8. The van der Waals surface area contributed by atoms with Gasteiger partial charge >= 0.3 is 0 Å². The van der Waals surface area contributed by atoms with Crippen LogP contribution < -0.4 is 28.4 Å². The molecule has 3 aromatic carbocycles. The van der Waals surface area contributed by atoms with Gasteiger partial charge in [0.25, 0.3) is 0 Å². The van der Waals surface area contributed by atoms with Crippen LogP contribution in [0.15, 0.2) is 122 Å². The third-order valence-corrected chi connectivity index (χ3v) is 18.4. The monoisotopic (exact) mass is 1310 g/mol. The van der Waals surface area contributed by atoms with Gasteiger partial charge in [0.1, 0.15) is 34.5 Å². The van der Waals surface area contributed by atoms with E-state index in [-0.39, 0.29) is 0 Å². The molecule has 0 bridgehead atoms. The topological polar surface area (TPSA) is 107 Å². The van der Waals surface area contributed by atoms with Crippen LogP contribution in [0.1, 0.15) is 273 Å². The first-order valence-corrected chi connectivity index (χ1v) is 38.6. The fourth-order valence-electron chi connectivity index (χ4n) is 12.5. The number of ether oxygens (including phenoxy) is 6. The van der Waals surface area contributed by atoms with Gasteiger partial charge in [0.05, 0.1) is 56.7 Å². The summed E-state index contributed by atoms with van der Waals surface area (Å²) < 4.78 is 41.1. The van der Waals surface area contributed by atoms with Gasteiger partial charge in [-0.2, -0.15) is 0 Å². The van der Waals surface area contributed by atoms with Crippen LogP contribution in [0.5, 0.6) is 34.5 Å². The molecule has 0 aliphatic carbocycles. The number of rotatable bonds is 54. The lowest BCUT2D eigenvalue weighted by atomic mass is 9.98. The average molecular weight is 1310 g/mol. The molecule has 10 heteroatoms. The maximum absolute atomic E-state index is 6.98. The molecule has 0 N–H and O–H groups in total. The lowest BCUT2D eigenvalue weighted by Crippen LogP contribution is -2.04. The highest BCUT2D eigenvalue weighted by molar-refractivity contribution is 5.84. The standard InChI is InChI=1S/C86H122N4O6/c1-7-13-19-25-31-39-54-91-81-64-76(85(95-58-43-35-29-23-17-11-5)60-72(81)69-46-45-52-87-66-69)79-50-49-71(68-89-79)74-62-86(96-59-44-36-30-24-18-12-6)77(65-83(74)93-56-41-33-27-21-15-9-3)80-51-48-70(67-90-80)73-61-84(94-57-42-34-28-22-16-10-4)75(78-47-37-38-53-88-78)63-82(73)92-55-40-32-26-20-14-8-2/h37-38,45-53,60-68H,7-36,39-44,54-59H2,1-6H3. The van der Waals surface area contributed by atoms with Crippen LogP contribution in [0.25, 0.3) is 67.2 Å². The fraction of sp³-hybridized carbons (Fsp3) is 0.558. The molecule has 0 atom stereocenters. The van der Waals surface area contributed by atoms with Gasteiger partial charge in [-0.1, -0.05) is 258 Å². The minimum atomic E-state index is 0.592. The van der Waals surface area contributed by atoms with E-state index in [4.69, 9.17) is 43.4 Å². The van der Waals surface area contributed by atoms with Crippen molar-refractivity contribution >= 4 is 0 Å². The summed E-state index contributed by atoms with van der Waals surface area (Å²) in [4.78, 5) is 20.0. The first kappa shape index (κ1) is 76.4. The maximum atomic E-state index is 6.98. The lowest BCUT2D eigenvalue weighted by Gasteiger charge is -2.20. The number of benzene rings is 3. The molecule has 10 nitrogen and oxygen atoms in total. The van der Waals surface area contributed by atoms with Crippen molar-refractivity contribution in [2.75, 3.05) is 39.6 Å². The maximum Gasteiger partial charge on any atom is 0.129 e. The zero-order valence-corrected chi connectivity index (χ0v) is 60.5. The molecule has 96 heavy (non-hydrogen) atoms. The molecular formula is C86H122N4O6. The quantitative estimate of drug-likeness (QED) is 0.0342. The Balaban J connectivity index is 1.28. The highest BCUT2D eigenvalue weighted by atomic mass is 16.5. The largest absolute Gasteiger partial charge is 0.493 e. The van der Waals surface area contributed by atoms with Crippen molar-refractivity contribution in [2.45, 2.75) is 273 Å². The Morgan fingerprint density at radius 2 is 0.500 bits per heavy atom. The number of unbranched alkanes of at least 4 members (excludes halogenated alkanes) is 30. The zero-order chi connectivity index (χ0) is 67.3. The summed E-state index contributed by atoms with van der Waals surface area (Å²) in [7, 11) is 0. The van der Waals surface area contributed by atoms with Gasteiger partial charge in [0.2, 0.25) is 0 Å². The van der Waals surface area contributed by atoms with Gasteiger partial charge in [0.15, 0.2) is 0 Å². The smallest absolute Gasteiger partial charge is 0.129 e. The van der Waals surface area contributed by atoms with Crippen LogP contribution in [0.3, 0.4) is 0 Å². The molecule has 0 aliphatic rings. The predicted molar refractivity (Wildman–Crippen MR) is 403 cm³/mol.